The molecule has 8 heteroatoms. The number of rotatable bonds is 6. The number of benzene rings is 1. The van der Waals surface area contributed by atoms with E-state index in [0.29, 0.717) is 16.8 Å². The lowest BCUT2D eigenvalue weighted by molar-refractivity contribution is 0.0468. The maximum atomic E-state index is 12.2. The molecule has 1 aromatic carbocycles. The van der Waals surface area contributed by atoms with E-state index in [4.69, 9.17) is 4.74 Å². The molecule has 0 bridgehead atoms. The van der Waals surface area contributed by atoms with E-state index in [1.165, 1.54) is 17.4 Å². The number of pyridine rings is 1. The number of hydrogen-bond acceptors (Lipinski definition) is 7. The quantitative estimate of drug-likeness (QED) is 0.603. The number of esters is 1. The summed E-state index contributed by atoms with van der Waals surface area (Å²) in [6, 6.07) is 12.0. The minimum Gasteiger partial charge on any atom is -0.456 e. The fourth-order valence-electron chi connectivity index (χ4n) is 2.29. The number of aromatic nitrogens is 2. The lowest BCUT2D eigenvalue weighted by atomic mass is 10.1. The average molecular weight is 388 g/mol. The number of ether oxygens (including phenoxy) is 1. The van der Waals surface area contributed by atoms with Crippen LogP contribution in [0.3, 0.4) is 0 Å². The second kappa shape index (κ2) is 7.76. The Morgan fingerprint density at radius 1 is 1.19 bits per heavy atom. The molecule has 0 N–H and O–H groups in total. The summed E-state index contributed by atoms with van der Waals surface area (Å²) in [4.78, 5) is 20.9. The van der Waals surface area contributed by atoms with Gasteiger partial charge >= 0.3 is 5.97 Å². The lowest BCUT2D eigenvalue weighted by Crippen LogP contribution is -2.07. The second-order valence-electron chi connectivity index (χ2n) is 5.71. The standard InChI is InChI=1S/C18H16N2O4S2/c1-26(22,23)12-13-5-4-6-14(9-13)18(21)24-10-15-11-25-17(20-15)16-7-2-3-8-19-16/h2-9,11H,10,12H2,1H3. The van der Waals surface area contributed by atoms with Gasteiger partial charge in [0.1, 0.15) is 11.6 Å². The predicted molar refractivity (Wildman–Crippen MR) is 99.5 cm³/mol. The zero-order chi connectivity index (χ0) is 18.6. The normalized spacial score (nSPS) is 11.3. The number of sulfone groups is 1. The summed E-state index contributed by atoms with van der Waals surface area (Å²) in [6.45, 7) is 0.0401. The van der Waals surface area contributed by atoms with Crippen molar-refractivity contribution >= 4 is 27.1 Å². The first kappa shape index (κ1) is 18.2. The van der Waals surface area contributed by atoms with Crippen molar-refractivity contribution in [2.75, 3.05) is 6.26 Å². The fraction of sp³-hybridized carbons (Fsp3) is 0.167. The van der Waals surface area contributed by atoms with Crippen LogP contribution < -0.4 is 0 Å². The maximum Gasteiger partial charge on any atom is 0.338 e. The first-order chi connectivity index (χ1) is 12.4. The van der Waals surface area contributed by atoms with Crippen molar-refractivity contribution in [1.82, 2.24) is 9.97 Å². The van der Waals surface area contributed by atoms with Crippen LogP contribution in [0.4, 0.5) is 0 Å². The topological polar surface area (TPSA) is 86.2 Å². The Kier molecular flexibility index (Phi) is 5.43. The van der Waals surface area contributed by atoms with E-state index in [2.05, 4.69) is 9.97 Å². The largest absolute Gasteiger partial charge is 0.456 e. The van der Waals surface area contributed by atoms with Crippen molar-refractivity contribution in [2.45, 2.75) is 12.4 Å². The van der Waals surface area contributed by atoms with Crippen molar-refractivity contribution in [3.8, 4) is 10.7 Å². The van der Waals surface area contributed by atoms with Crippen molar-refractivity contribution < 1.29 is 17.9 Å². The third-order valence-corrected chi connectivity index (χ3v) is 5.15. The van der Waals surface area contributed by atoms with E-state index in [0.717, 1.165) is 17.0 Å². The third-order valence-electron chi connectivity index (χ3n) is 3.38. The number of nitrogens with zero attached hydrogens (tertiary/aromatic N) is 2. The van der Waals surface area contributed by atoms with Gasteiger partial charge in [0.2, 0.25) is 0 Å². The Bertz CT molecular complexity index is 1010. The van der Waals surface area contributed by atoms with Gasteiger partial charge in [0.05, 0.1) is 22.7 Å². The molecule has 0 radical (unpaired) electrons. The Hall–Kier alpha value is -2.58. The van der Waals surface area contributed by atoms with E-state index in [9.17, 15) is 13.2 Å². The monoisotopic (exact) mass is 388 g/mol. The summed E-state index contributed by atoms with van der Waals surface area (Å²) in [5, 5.41) is 2.57. The van der Waals surface area contributed by atoms with Crippen LogP contribution in [0.1, 0.15) is 21.6 Å². The molecule has 0 atom stereocenters. The van der Waals surface area contributed by atoms with Crippen LogP contribution in [0.2, 0.25) is 0 Å². The summed E-state index contributed by atoms with van der Waals surface area (Å²) >= 11 is 1.43. The van der Waals surface area contributed by atoms with E-state index < -0.39 is 15.8 Å². The molecule has 0 aliphatic rings. The van der Waals surface area contributed by atoms with E-state index in [1.807, 2.05) is 23.6 Å². The van der Waals surface area contributed by atoms with Gasteiger partial charge in [0.15, 0.2) is 9.84 Å². The van der Waals surface area contributed by atoms with Crippen molar-refractivity contribution in [2.24, 2.45) is 0 Å². The average Bonchev–Trinajstić information content (AvgIpc) is 3.08. The molecule has 0 spiro atoms. The first-order valence-electron chi connectivity index (χ1n) is 7.70. The van der Waals surface area contributed by atoms with Gasteiger partial charge in [0, 0.05) is 17.8 Å². The molecule has 0 unspecified atom stereocenters. The summed E-state index contributed by atoms with van der Waals surface area (Å²) in [6.07, 6.45) is 2.85. The van der Waals surface area contributed by atoms with Crippen molar-refractivity contribution in [3.63, 3.8) is 0 Å². The van der Waals surface area contributed by atoms with Crippen LogP contribution >= 0.6 is 11.3 Å². The molecule has 0 saturated heterocycles. The first-order valence-corrected chi connectivity index (χ1v) is 10.6. The SMILES string of the molecule is CS(=O)(=O)Cc1cccc(C(=O)OCc2csc(-c3ccccn3)n2)c1. The number of hydrogen-bond donors (Lipinski definition) is 0. The summed E-state index contributed by atoms with van der Waals surface area (Å²) in [5.74, 6) is -0.638. The highest BCUT2D eigenvalue weighted by molar-refractivity contribution is 7.89. The van der Waals surface area contributed by atoms with Gasteiger partial charge in [-0.15, -0.1) is 11.3 Å². The van der Waals surface area contributed by atoms with Crippen LogP contribution in [-0.2, 0) is 26.9 Å². The van der Waals surface area contributed by atoms with Gasteiger partial charge < -0.3 is 4.74 Å². The molecule has 0 saturated carbocycles. The van der Waals surface area contributed by atoms with Gasteiger partial charge in [-0.05, 0) is 29.8 Å². The van der Waals surface area contributed by atoms with E-state index in [-0.39, 0.29) is 12.4 Å². The van der Waals surface area contributed by atoms with Gasteiger partial charge in [-0.1, -0.05) is 18.2 Å². The predicted octanol–water partition coefficient (Wildman–Crippen LogP) is 3.11. The molecular weight excluding hydrogens is 372 g/mol. The van der Waals surface area contributed by atoms with E-state index in [1.54, 1.807) is 24.4 Å². The zero-order valence-electron chi connectivity index (χ0n) is 14.0. The number of carbonyl (C=O) groups excluding carboxylic acids is 1. The minimum absolute atomic E-state index is 0.0401. The molecule has 0 fully saturated rings. The van der Waals surface area contributed by atoms with Crippen LogP contribution in [0.5, 0.6) is 0 Å². The third kappa shape index (κ3) is 4.96. The highest BCUT2D eigenvalue weighted by Gasteiger charge is 2.12. The van der Waals surface area contributed by atoms with Crippen LogP contribution in [0, 0.1) is 0 Å². The molecule has 0 aliphatic carbocycles. The molecule has 3 rings (SSSR count). The molecule has 3 aromatic rings. The van der Waals surface area contributed by atoms with Crippen LogP contribution in [-0.4, -0.2) is 30.6 Å². The summed E-state index contributed by atoms with van der Waals surface area (Å²) in [7, 11) is -3.17. The summed E-state index contributed by atoms with van der Waals surface area (Å²) < 4.78 is 28.1. The smallest absolute Gasteiger partial charge is 0.338 e. The molecule has 6 nitrogen and oxygen atoms in total. The minimum atomic E-state index is -3.17. The van der Waals surface area contributed by atoms with Gasteiger partial charge in [-0.2, -0.15) is 0 Å². The molecule has 134 valence electrons. The second-order valence-corrected chi connectivity index (χ2v) is 8.70. The highest BCUT2D eigenvalue weighted by atomic mass is 32.2. The Labute approximate surface area is 155 Å². The van der Waals surface area contributed by atoms with Gasteiger partial charge in [0.25, 0.3) is 0 Å². The zero-order valence-corrected chi connectivity index (χ0v) is 15.6. The number of carbonyl (C=O) groups is 1. The van der Waals surface area contributed by atoms with Crippen LogP contribution in [0.25, 0.3) is 10.7 Å². The fourth-order valence-corrected chi connectivity index (χ4v) is 3.86. The molecule has 26 heavy (non-hydrogen) atoms. The molecule has 0 aliphatic heterocycles. The maximum absolute atomic E-state index is 12.2. The molecule has 0 amide bonds. The van der Waals surface area contributed by atoms with Crippen molar-refractivity contribution in [3.05, 3.63) is 70.9 Å². The van der Waals surface area contributed by atoms with E-state index >= 15 is 0 Å². The molecule has 2 aromatic heterocycles. The lowest BCUT2D eigenvalue weighted by Gasteiger charge is -2.05. The van der Waals surface area contributed by atoms with Gasteiger partial charge in [-0.3, -0.25) is 4.98 Å². The van der Waals surface area contributed by atoms with Crippen LogP contribution in [0.15, 0.2) is 54.0 Å². The van der Waals surface area contributed by atoms with Gasteiger partial charge in [-0.25, -0.2) is 18.2 Å². The summed E-state index contributed by atoms with van der Waals surface area (Å²) in [5.41, 5.74) is 2.26. The van der Waals surface area contributed by atoms with Crippen molar-refractivity contribution in [1.29, 1.82) is 0 Å². The Morgan fingerprint density at radius 3 is 2.77 bits per heavy atom. The Morgan fingerprint density at radius 2 is 2.04 bits per heavy atom. The highest BCUT2D eigenvalue weighted by Crippen LogP contribution is 2.22. The molecule has 2 heterocycles. The Balaban J connectivity index is 1.64. The molecular formula is C18H16N2O4S2. The number of thiazole rings is 1.